The summed E-state index contributed by atoms with van der Waals surface area (Å²) in [5, 5.41) is 1.32. The lowest BCUT2D eigenvalue weighted by Crippen LogP contribution is -1.97. The van der Waals surface area contributed by atoms with Gasteiger partial charge in [0.2, 0.25) is 0 Å². The first-order chi connectivity index (χ1) is 6.24. The quantitative estimate of drug-likeness (QED) is 0.727. The van der Waals surface area contributed by atoms with Crippen molar-refractivity contribution in [1.29, 1.82) is 0 Å². The van der Waals surface area contributed by atoms with Gasteiger partial charge in [-0.1, -0.05) is 13.8 Å². The van der Waals surface area contributed by atoms with Crippen molar-refractivity contribution in [3.05, 3.63) is 30.1 Å². The van der Waals surface area contributed by atoms with Crippen LogP contribution < -0.4 is 0 Å². The van der Waals surface area contributed by atoms with Gasteiger partial charge in [-0.25, -0.2) is 0 Å². The first-order valence-electron chi connectivity index (χ1n) is 4.79. The largest absolute Gasteiger partial charge is 0.265 e. The van der Waals surface area contributed by atoms with Crippen molar-refractivity contribution in [2.24, 2.45) is 0 Å². The van der Waals surface area contributed by atoms with Gasteiger partial charge in [0, 0.05) is 22.9 Å². The fourth-order valence-electron chi connectivity index (χ4n) is 1.16. The summed E-state index contributed by atoms with van der Waals surface area (Å²) < 4.78 is 0. The molecule has 1 aromatic heterocycles. The lowest BCUT2D eigenvalue weighted by atomic mass is 10.2. The van der Waals surface area contributed by atoms with Crippen molar-refractivity contribution in [1.82, 2.24) is 4.98 Å². The van der Waals surface area contributed by atoms with Crippen LogP contribution in [0.2, 0.25) is 0 Å². The zero-order chi connectivity index (χ0) is 9.68. The van der Waals surface area contributed by atoms with Crippen LogP contribution in [-0.4, -0.2) is 10.2 Å². The standard InChI is InChI=1S/C11H17NS/c1-4-9(2)13-10(3)11-5-7-12-8-6-11/h5-10H,4H2,1-3H3. The van der Waals surface area contributed by atoms with Crippen LogP contribution in [0, 0.1) is 0 Å². The molecule has 0 saturated heterocycles. The average molecular weight is 195 g/mol. The van der Waals surface area contributed by atoms with Crippen molar-refractivity contribution in [2.75, 3.05) is 0 Å². The predicted octanol–water partition coefficient (Wildman–Crippen LogP) is 3.67. The second kappa shape index (κ2) is 5.28. The molecule has 0 saturated carbocycles. The van der Waals surface area contributed by atoms with E-state index in [0.717, 1.165) is 5.25 Å². The fourth-order valence-corrected chi connectivity index (χ4v) is 2.36. The van der Waals surface area contributed by atoms with Crippen LogP contribution in [0.3, 0.4) is 0 Å². The van der Waals surface area contributed by atoms with E-state index in [1.165, 1.54) is 12.0 Å². The van der Waals surface area contributed by atoms with Crippen LogP contribution in [0.15, 0.2) is 24.5 Å². The highest BCUT2D eigenvalue weighted by atomic mass is 32.2. The fraction of sp³-hybridized carbons (Fsp3) is 0.545. The molecule has 2 unspecified atom stereocenters. The van der Waals surface area contributed by atoms with Gasteiger partial charge in [0.25, 0.3) is 0 Å². The first kappa shape index (κ1) is 10.6. The molecule has 0 aliphatic rings. The predicted molar refractivity (Wildman–Crippen MR) is 60.0 cm³/mol. The summed E-state index contributed by atoms with van der Waals surface area (Å²) in [4.78, 5) is 4.02. The molecule has 72 valence electrons. The monoisotopic (exact) mass is 195 g/mol. The number of pyridine rings is 1. The van der Waals surface area contributed by atoms with E-state index in [-0.39, 0.29) is 0 Å². The Morgan fingerprint density at radius 3 is 2.46 bits per heavy atom. The van der Waals surface area contributed by atoms with Crippen molar-refractivity contribution in [3.8, 4) is 0 Å². The number of rotatable bonds is 4. The van der Waals surface area contributed by atoms with Crippen LogP contribution in [-0.2, 0) is 0 Å². The first-order valence-corrected chi connectivity index (χ1v) is 5.73. The minimum atomic E-state index is 0.581. The molecule has 0 fully saturated rings. The van der Waals surface area contributed by atoms with Crippen LogP contribution >= 0.6 is 11.8 Å². The third kappa shape index (κ3) is 3.39. The summed E-state index contributed by atoms with van der Waals surface area (Å²) in [6.07, 6.45) is 4.96. The van der Waals surface area contributed by atoms with E-state index < -0.39 is 0 Å². The van der Waals surface area contributed by atoms with Crippen molar-refractivity contribution in [3.63, 3.8) is 0 Å². The highest BCUT2D eigenvalue weighted by molar-refractivity contribution is 8.00. The van der Waals surface area contributed by atoms with Gasteiger partial charge in [-0.2, -0.15) is 11.8 Å². The van der Waals surface area contributed by atoms with E-state index in [2.05, 4.69) is 37.9 Å². The Bertz CT molecular complexity index is 235. The molecule has 1 aromatic rings. The highest BCUT2D eigenvalue weighted by Crippen LogP contribution is 2.32. The number of aromatic nitrogens is 1. The number of hydrogen-bond acceptors (Lipinski definition) is 2. The molecule has 1 nitrogen and oxygen atoms in total. The molecule has 0 spiro atoms. The lowest BCUT2D eigenvalue weighted by Gasteiger charge is -2.15. The van der Waals surface area contributed by atoms with E-state index in [9.17, 15) is 0 Å². The minimum Gasteiger partial charge on any atom is -0.265 e. The Morgan fingerprint density at radius 2 is 1.92 bits per heavy atom. The molecule has 0 N–H and O–H groups in total. The van der Waals surface area contributed by atoms with Gasteiger partial charge in [0.05, 0.1) is 0 Å². The van der Waals surface area contributed by atoms with Crippen LogP contribution in [0.5, 0.6) is 0 Å². The maximum Gasteiger partial charge on any atom is 0.0272 e. The SMILES string of the molecule is CCC(C)SC(C)c1ccncc1. The molecular weight excluding hydrogens is 178 g/mol. The van der Waals surface area contributed by atoms with Gasteiger partial charge < -0.3 is 0 Å². The molecule has 0 amide bonds. The van der Waals surface area contributed by atoms with Gasteiger partial charge in [-0.05, 0) is 31.0 Å². The number of thioether (sulfide) groups is 1. The maximum atomic E-state index is 4.02. The molecule has 0 bridgehead atoms. The molecule has 0 radical (unpaired) electrons. The Labute approximate surface area is 85.0 Å². The van der Waals surface area contributed by atoms with Crippen LogP contribution in [0.4, 0.5) is 0 Å². The topological polar surface area (TPSA) is 12.9 Å². The third-order valence-corrected chi connectivity index (χ3v) is 3.67. The molecule has 13 heavy (non-hydrogen) atoms. The molecule has 0 aliphatic carbocycles. The Morgan fingerprint density at radius 1 is 1.31 bits per heavy atom. The summed E-state index contributed by atoms with van der Waals surface area (Å²) >= 11 is 2.02. The highest BCUT2D eigenvalue weighted by Gasteiger charge is 2.08. The summed E-state index contributed by atoms with van der Waals surface area (Å²) in [6, 6.07) is 4.19. The van der Waals surface area contributed by atoms with E-state index in [0.29, 0.717) is 5.25 Å². The second-order valence-corrected chi connectivity index (χ2v) is 5.06. The molecule has 0 aliphatic heterocycles. The molecule has 2 atom stereocenters. The Balaban J connectivity index is 2.53. The van der Waals surface area contributed by atoms with Gasteiger partial charge in [-0.3, -0.25) is 4.98 Å². The summed E-state index contributed by atoms with van der Waals surface area (Å²) in [7, 11) is 0. The zero-order valence-corrected chi connectivity index (χ0v) is 9.34. The van der Waals surface area contributed by atoms with E-state index in [1.807, 2.05) is 24.2 Å². The van der Waals surface area contributed by atoms with Gasteiger partial charge in [0.1, 0.15) is 0 Å². The maximum absolute atomic E-state index is 4.02. The van der Waals surface area contributed by atoms with E-state index >= 15 is 0 Å². The average Bonchev–Trinajstić information content (AvgIpc) is 2.19. The van der Waals surface area contributed by atoms with Gasteiger partial charge in [-0.15, -0.1) is 0 Å². The second-order valence-electron chi connectivity index (χ2n) is 3.28. The number of nitrogens with zero attached hydrogens (tertiary/aromatic N) is 1. The van der Waals surface area contributed by atoms with Crippen LogP contribution in [0.25, 0.3) is 0 Å². The molecule has 0 aromatic carbocycles. The van der Waals surface area contributed by atoms with Crippen molar-refractivity contribution in [2.45, 2.75) is 37.7 Å². The van der Waals surface area contributed by atoms with Crippen molar-refractivity contribution >= 4 is 11.8 Å². The zero-order valence-electron chi connectivity index (χ0n) is 8.53. The number of hydrogen-bond donors (Lipinski definition) is 0. The Kier molecular flexibility index (Phi) is 4.29. The van der Waals surface area contributed by atoms with Gasteiger partial charge >= 0.3 is 0 Å². The summed E-state index contributed by atoms with van der Waals surface area (Å²) in [5.74, 6) is 0. The smallest absolute Gasteiger partial charge is 0.0272 e. The van der Waals surface area contributed by atoms with E-state index in [1.54, 1.807) is 0 Å². The third-order valence-electron chi connectivity index (χ3n) is 2.19. The molecule has 2 heteroatoms. The molecule has 1 heterocycles. The minimum absolute atomic E-state index is 0.581. The van der Waals surface area contributed by atoms with Crippen molar-refractivity contribution < 1.29 is 0 Å². The summed E-state index contributed by atoms with van der Waals surface area (Å²) in [5.41, 5.74) is 1.38. The van der Waals surface area contributed by atoms with E-state index in [4.69, 9.17) is 0 Å². The lowest BCUT2D eigenvalue weighted by molar-refractivity contribution is 0.894. The normalized spacial score (nSPS) is 15.3. The summed E-state index contributed by atoms with van der Waals surface area (Å²) in [6.45, 7) is 6.77. The van der Waals surface area contributed by atoms with Crippen LogP contribution in [0.1, 0.15) is 38.0 Å². The molecule has 1 rings (SSSR count). The van der Waals surface area contributed by atoms with Gasteiger partial charge in [0.15, 0.2) is 0 Å². The Hall–Kier alpha value is -0.500. The molecular formula is C11H17NS.